The molecule has 0 atom stereocenters. The van der Waals surface area contributed by atoms with E-state index in [0.29, 0.717) is 0 Å². The van der Waals surface area contributed by atoms with Crippen molar-refractivity contribution in [3.63, 3.8) is 0 Å². The molecule has 2 fully saturated rings. The molecule has 2 aliphatic rings. The first-order valence-corrected chi connectivity index (χ1v) is 9.36. The van der Waals surface area contributed by atoms with Crippen molar-refractivity contribution in [1.82, 2.24) is 9.80 Å². The third-order valence-electron chi connectivity index (χ3n) is 5.73. The van der Waals surface area contributed by atoms with E-state index >= 15 is 0 Å². The number of hydrogen-bond acceptors (Lipinski definition) is 4. The van der Waals surface area contributed by atoms with Gasteiger partial charge in [-0.1, -0.05) is 6.92 Å². The minimum absolute atomic E-state index is 0.834. The topological polar surface area (TPSA) is 24.9 Å². The summed E-state index contributed by atoms with van der Waals surface area (Å²) in [6, 6.07) is 7.01. The maximum Gasteiger partial charge on any atom is 0.122 e. The Morgan fingerprint density at radius 1 is 0.875 bits per heavy atom. The number of piperazine rings is 1. The molecular formula is C20H32N2O2. The van der Waals surface area contributed by atoms with E-state index in [4.69, 9.17) is 9.47 Å². The van der Waals surface area contributed by atoms with Gasteiger partial charge in [-0.25, -0.2) is 0 Å². The predicted molar refractivity (Wildman–Crippen MR) is 97.8 cm³/mol. The quantitative estimate of drug-likeness (QED) is 0.825. The maximum atomic E-state index is 5.38. The lowest BCUT2D eigenvalue weighted by atomic mass is 9.86. The normalized spacial score (nSPS) is 26.3. The molecule has 1 heterocycles. The zero-order chi connectivity index (χ0) is 16.9. The highest BCUT2D eigenvalue weighted by molar-refractivity contribution is 5.38. The van der Waals surface area contributed by atoms with Gasteiger partial charge in [-0.2, -0.15) is 0 Å². The molecule has 1 saturated carbocycles. The van der Waals surface area contributed by atoms with Crippen molar-refractivity contribution in [2.45, 2.75) is 45.2 Å². The number of ether oxygens (including phenoxy) is 2. The van der Waals surface area contributed by atoms with E-state index in [-0.39, 0.29) is 0 Å². The number of rotatable bonds is 5. The van der Waals surface area contributed by atoms with Crippen LogP contribution in [0.1, 0.15) is 38.2 Å². The van der Waals surface area contributed by atoms with Crippen LogP contribution in [-0.2, 0) is 6.54 Å². The van der Waals surface area contributed by atoms with E-state index in [1.807, 2.05) is 6.07 Å². The second-order valence-corrected chi connectivity index (χ2v) is 7.45. The SMILES string of the molecule is COc1cc(CN2CCN(C3CCC(C)CC3)CC2)cc(OC)c1. The Morgan fingerprint density at radius 2 is 1.46 bits per heavy atom. The van der Waals surface area contributed by atoms with Crippen molar-refractivity contribution >= 4 is 0 Å². The molecule has 0 bridgehead atoms. The van der Waals surface area contributed by atoms with E-state index in [2.05, 4.69) is 28.9 Å². The molecule has 3 rings (SSSR count). The molecule has 1 aliphatic heterocycles. The molecule has 0 aromatic heterocycles. The lowest BCUT2D eigenvalue weighted by Crippen LogP contribution is -2.50. The number of nitrogens with zero attached hydrogens (tertiary/aromatic N) is 2. The molecule has 1 aliphatic carbocycles. The first kappa shape index (κ1) is 17.6. The van der Waals surface area contributed by atoms with Gasteiger partial charge in [-0.05, 0) is 49.3 Å². The second-order valence-electron chi connectivity index (χ2n) is 7.45. The highest BCUT2D eigenvalue weighted by Gasteiger charge is 2.27. The molecule has 4 nitrogen and oxygen atoms in total. The molecule has 1 saturated heterocycles. The van der Waals surface area contributed by atoms with Gasteiger partial charge in [0.15, 0.2) is 0 Å². The molecule has 1 aromatic carbocycles. The monoisotopic (exact) mass is 332 g/mol. The van der Waals surface area contributed by atoms with Crippen LogP contribution >= 0.6 is 0 Å². The van der Waals surface area contributed by atoms with Gasteiger partial charge in [0.25, 0.3) is 0 Å². The summed E-state index contributed by atoms with van der Waals surface area (Å²) in [5.41, 5.74) is 1.27. The highest BCUT2D eigenvalue weighted by Crippen LogP contribution is 2.28. The Balaban J connectivity index is 1.52. The maximum absolute atomic E-state index is 5.38. The Kier molecular flexibility index (Phi) is 6.01. The summed E-state index contributed by atoms with van der Waals surface area (Å²) in [7, 11) is 3.42. The summed E-state index contributed by atoms with van der Waals surface area (Å²) >= 11 is 0. The zero-order valence-electron chi connectivity index (χ0n) is 15.5. The largest absolute Gasteiger partial charge is 0.497 e. The van der Waals surface area contributed by atoms with Crippen LogP contribution in [0.5, 0.6) is 11.5 Å². The van der Waals surface area contributed by atoms with E-state index in [9.17, 15) is 0 Å². The van der Waals surface area contributed by atoms with Crippen molar-refractivity contribution in [2.75, 3.05) is 40.4 Å². The van der Waals surface area contributed by atoms with Gasteiger partial charge < -0.3 is 9.47 Å². The van der Waals surface area contributed by atoms with Crippen LogP contribution in [0, 0.1) is 5.92 Å². The van der Waals surface area contributed by atoms with Crippen LogP contribution in [0.15, 0.2) is 18.2 Å². The van der Waals surface area contributed by atoms with Gasteiger partial charge in [-0.3, -0.25) is 9.80 Å². The van der Waals surface area contributed by atoms with Gasteiger partial charge >= 0.3 is 0 Å². The Morgan fingerprint density at radius 3 is 2.00 bits per heavy atom. The van der Waals surface area contributed by atoms with Gasteiger partial charge in [0, 0.05) is 44.8 Å². The Bertz CT molecular complexity index is 496. The molecule has 0 radical (unpaired) electrons. The average molecular weight is 332 g/mol. The summed E-state index contributed by atoms with van der Waals surface area (Å²) in [6.45, 7) is 8.11. The van der Waals surface area contributed by atoms with Crippen LogP contribution in [-0.4, -0.2) is 56.2 Å². The fourth-order valence-corrected chi connectivity index (χ4v) is 4.11. The predicted octanol–water partition coefficient (Wildman–Crippen LogP) is 3.40. The summed E-state index contributed by atoms with van der Waals surface area (Å²) < 4.78 is 10.8. The number of hydrogen-bond donors (Lipinski definition) is 0. The molecule has 24 heavy (non-hydrogen) atoms. The van der Waals surface area contributed by atoms with Gasteiger partial charge in [0.1, 0.15) is 11.5 Å². The fourth-order valence-electron chi connectivity index (χ4n) is 4.11. The Hall–Kier alpha value is -1.26. The van der Waals surface area contributed by atoms with Crippen LogP contribution in [0.4, 0.5) is 0 Å². The van der Waals surface area contributed by atoms with E-state index < -0.39 is 0 Å². The van der Waals surface area contributed by atoms with Crippen LogP contribution in [0.25, 0.3) is 0 Å². The number of methoxy groups -OCH3 is 2. The molecule has 4 heteroatoms. The summed E-state index contributed by atoms with van der Waals surface area (Å²) in [4.78, 5) is 5.28. The first-order chi connectivity index (χ1) is 11.7. The first-order valence-electron chi connectivity index (χ1n) is 9.36. The average Bonchev–Trinajstić information content (AvgIpc) is 2.62. The van der Waals surface area contributed by atoms with E-state index in [1.54, 1.807) is 14.2 Å². The highest BCUT2D eigenvalue weighted by atomic mass is 16.5. The van der Waals surface area contributed by atoms with Crippen LogP contribution < -0.4 is 9.47 Å². The summed E-state index contributed by atoms with van der Waals surface area (Å²) in [5, 5.41) is 0. The third kappa shape index (κ3) is 4.42. The van der Waals surface area contributed by atoms with Crippen molar-refractivity contribution in [3.05, 3.63) is 23.8 Å². The number of benzene rings is 1. The third-order valence-corrected chi connectivity index (χ3v) is 5.73. The van der Waals surface area contributed by atoms with Crippen molar-refractivity contribution in [2.24, 2.45) is 5.92 Å². The van der Waals surface area contributed by atoms with Crippen LogP contribution in [0.2, 0.25) is 0 Å². The summed E-state index contributed by atoms with van der Waals surface area (Å²) in [5.74, 6) is 2.68. The lowest BCUT2D eigenvalue weighted by Gasteiger charge is -2.41. The standard InChI is InChI=1S/C20H32N2O2/c1-16-4-6-18(7-5-16)22-10-8-21(9-11-22)15-17-12-19(23-2)14-20(13-17)24-3/h12-14,16,18H,4-11,15H2,1-3H3. The molecular weight excluding hydrogens is 300 g/mol. The fraction of sp³-hybridized carbons (Fsp3) is 0.700. The smallest absolute Gasteiger partial charge is 0.122 e. The Labute approximate surface area is 146 Å². The molecule has 0 N–H and O–H groups in total. The second kappa shape index (κ2) is 8.21. The van der Waals surface area contributed by atoms with E-state index in [0.717, 1.165) is 43.1 Å². The van der Waals surface area contributed by atoms with Crippen molar-refractivity contribution < 1.29 is 9.47 Å². The molecule has 0 spiro atoms. The van der Waals surface area contributed by atoms with Gasteiger partial charge in [0.05, 0.1) is 14.2 Å². The molecule has 0 amide bonds. The van der Waals surface area contributed by atoms with Gasteiger partial charge in [-0.15, -0.1) is 0 Å². The molecule has 0 unspecified atom stereocenters. The summed E-state index contributed by atoms with van der Waals surface area (Å²) in [6.07, 6.45) is 5.62. The van der Waals surface area contributed by atoms with Crippen LogP contribution in [0.3, 0.4) is 0 Å². The van der Waals surface area contributed by atoms with Gasteiger partial charge in [0.2, 0.25) is 0 Å². The van der Waals surface area contributed by atoms with E-state index in [1.165, 1.54) is 44.3 Å². The van der Waals surface area contributed by atoms with Crippen molar-refractivity contribution in [1.29, 1.82) is 0 Å². The minimum atomic E-state index is 0.834. The van der Waals surface area contributed by atoms with Crippen molar-refractivity contribution in [3.8, 4) is 11.5 Å². The molecule has 1 aromatic rings. The lowest BCUT2D eigenvalue weighted by molar-refractivity contribution is 0.0688. The molecule has 134 valence electrons. The zero-order valence-corrected chi connectivity index (χ0v) is 15.5. The minimum Gasteiger partial charge on any atom is -0.497 e.